The molecule has 1 amide bonds. The fourth-order valence-electron chi connectivity index (χ4n) is 4.06. The molecule has 0 saturated heterocycles. The minimum atomic E-state index is -0.985. The van der Waals surface area contributed by atoms with Crippen LogP contribution in [0.4, 0.5) is 0 Å². The minimum Gasteiger partial charge on any atom is -0.496 e. The average molecular weight is 437 g/mol. The Morgan fingerprint density at radius 1 is 1.03 bits per heavy atom. The molecule has 6 nitrogen and oxygen atoms in total. The van der Waals surface area contributed by atoms with Crippen LogP contribution >= 0.6 is 0 Å². The van der Waals surface area contributed by atoms with E-state index in [-0.39, 0.29) is 11.5 Å². The fraction of sp³-hybridized carbons (Fsp3) is 0.385. The van der Waals surface area contributed by atoms with Gasteiger partial charge in [-0.15, -0.1) is 0 Å². The van der Waals surface area contributed by atoms with E-state index in [9.17, 15) is 14.7 Å². The SMILES string of the molecule is CCC(CC)CNC(=O)c1ccc2c(c1)c(Cc1ccc(C(=O)O)cc1OC)cn2CC. The van der Waals surface area contributed by atoms with Gasteiger partial charge < -0.3 is 19.7 Å². The molecule has 2 aromatic carbocycles. The van der Waals surface area contributed by atoms with E-state index in [0.29, 0.717) is 30.2 Å². The number of carbonyl (C=O) groups is 2. The normalized spacial score (nSPS) is 11.2. The number of fused-ring (bicyclic) bond motifs is 1. The molecule has 0 aliphatic rings. The molecule has 0 radical (unpaired) electrons. The Labute approximate surface area is 189 Å². The number of benzene rings is 2. The lowest BCUT2D eigenvalue weighted by molar-refractivity contribution is 0.0696. The van der Waals surface area contributed by atoms with Gasteiger partial charge in [0.05, 0.1) is 12.7 Å². The first-order chi connectivity index (χ1) is 15.4. The zero-order chi connectivity index (χ0) is 23.3. The Morgan fingerprint density at radius 2 is 1.75 bits per heavy atom. The second kappa shape index (κ2) is 10.4. The Bertz CT molecular complexity index is 1110. The highest BCUT2D eigenvalue weighted by molar-refractivity contribution is 5.99. The maximum absolute atomic E-state index is 12.8. The summed E-state index contributed by atoms with van der Waals surface area (Å²) in [6.07, 6.45) is 4.76. The molecular formula is C26H32N2O4. The van der Waals surface area contributed by atoms with E-state index in [4.69, 9.17) is 4.74 Å². The molecule has 170 valence electrons. The third kappa shape index (κ3) is 4.96. The summed E-state index contributed by atoms with van der Waals surface area (Å²) in [5, 5.41) is 13.3. The van der Waals surface area contributed by atoms with E-state index < -0.39 is 5.97 Å². The number of aromatic carboxylic acids is 1. The van der Waals surface area contributed by atoms with Gasteiger partial charge in [0.1, 0.15) is 5.75 Å². The summed E-state index contributed by atoms with van der Waals surface area (Å²) in [6, 6.07) is 10.8. The number of aromatic nitrogens is 1. The molecule has 0 unspecified atom stereocenters. The third-order valence-corrected chi connectivity index (χ3v) is 6.19. The number of methoxy groups -OCH3 is 1. The molecule has 0 aliphatic carbocycles. The third-order valence-electron chi connectivity index (χ3n) is 6.19. The summed E-state index contributed by atoms with van der Waals surface area (Å²) in [4.78, 5) is 24.1. The first-order valence-electron chi connectivity index (χ1n) is 11.2. The van der Waals surface area contributed by atoms with E-state index in [1.807, 2.05) is 18.2 Å². The largest absolute Gasteiger partial charge is 0.496 e. The number of amides is 1. The Kier molecular flexibility index (Phi) is 7.57. The van der Waals surface area contributed by atoms with Gasteiger partial charge in [-0.25, -0.2) is 4.79 Å². The molecule has 32 heavy (non-hydrogen) atoms. The predicted molar refractivity (Wildman–Crippen MR) is 127 cm³/mol. The van der Waals surface area contributed by atoms with E-state index >= 15 is 0 Å². The highest BCUT2D eigenvalue weighted by Crippen LogP contribution is 2.29. The quantitative estimate of drug-likeness (QED) is 0.462. The lowest BCUT2D eigenvalue weighted by Crippen LogP contribution is -2.28. The zero-order valence-corrected chi connectivity index (χ0v) is 19.3. The van der Waals surface area contributed by atoms with Crippen LogP contribution in [0.3, 0.4) is 0 Å². The summed E-state index contributed by atoms with van der Waals surface area (Å²) in [6.45, 7) is 7.86. The van der Waals surface area contributed by atoms with Gasteiger partial charge in [-0.1, -0.05) is 32.8 Å². The van der Waals surface area contributed by atoms with Crippen LogP contribution in [0.5, 0.6) is 5.75 Å². The molecule has 3 aromatic rings. The number of rotatable bonds is 10. The van der Waals surface area contributed by atoms with Crippen LogP contribution in [0.2, 0.25) is 0 Å². The number of aryl methyl sites for hydroxylation is 1. The zero-order valence-electron chi connectivity index (χ0n) is 19.3. The Morgan fingerprint density at radius 3 is 2.38 bits per heavy atom. The van der Waals surface area contributed by atoms with Crippen molar-refractivity contribution >= 4 is 22.8 Å². The molecule has 1 heterocycles. The fourth-order valence-corrected chi connectivity index (χ4v) is 4.06. The molecular weight excluding hydrogens is 404 g/mol. The second-order valence-electron chi connectivity index (χ2n) is 8.07. The number of carbonyl (C=O) groups excluding carboxylic acids is 1. The van der Waals surface area contributed by atoms with Crippen molar-refractivity contribution in [3.8, 4) is 5.75 Å². The first-order valence-corrected chi connectivity index (χ1v) is 11.2. The van der Waals surface area contributed by atoms with Crippen molar-refractivity contribution in [1.82, 2.24) is 9.88 Å². The summed E-state index contributed by atoms with van der Waals surface area (Å²) >= 11 is 0. The predicted octanol–water partition coefficient (Wildman–Crippen LogP) is 5.12. The molecule has 0 bridgehead atoms. The molecule has 3 rings (SSSR count). The number of carboxylic acids is 1. The molecule has 1 aromatic heterocycles. The lowest BCUT2D eigenvalue weighted by atomic mass is 10.0. The smallest absolute Gasteiger partial charge is 0.335 e. The van der Waals surface area contributed by atoms with Crippen molar-refractivity contribution in [2.45, 2.75) is 46.6 Å². The van der Waals surface area contributed by atoms with Gasteiger partial charge in [-0.3, -0.25) is 4.79 Å². The maximum Gasteiger partial charge on any atom is 0.335 e. The average Bonchev–Trinajstić information content (AvgIpc) is 3.16. The number of carboxylic acid groups (broad SMARTS) is 1. The van der Waals surface area contributed by atoms with Gasteiger partial charge in [0.2, 0.25) is 0 Å². The topological polar surface area (TPSA) is 80.6 Å². The molecule has 2 N–H and O–H groups in total. The van der Waals surface area contributed by atoms with Crippen LogP contribution in [-0.4, -0.2) is 35.2 Å². The summed E-state index contributed by atoms with van der Waals surface area (Å²) in [7, 11) is 1.54. The number of ether oxygens (including phenoxy) is 1. The van der Waals surface area contributed by atoms with E-state index in [2.05, 4.69) is 36.9 Å². The van der Waals surface area contributed by atoms with Crippen molar-refractivity contribution in [2.75, 3.05) is 13.7 Å². The molecule has 6 heteroatoms. The summed E-state index contributed by atoms with van der Waals surface area (Å²) in [5.74, 6) is -0.0131. The van der Waals surface area contributed by atoms with E-state index in [1.165, 1.54) is 0 Å². The maximum atomic E-state index is 12.8. The van der Waals surface area contributed by atoms with Crippen LogP contribution in [0.1, 0.15) is 65.5 Å². The van der Waals surface area contributed by atoms with Crippen molar-refractivity contribution in [3.05, 3.63) is 64.8 Å². The highest BCUT2D eigenvalue weighted by atomic mass is 16.5. The lowest BCUT2D eigenvalue weighted by Gasteiger charge is -2.13. The Balaban J connectivity index is 1.94. The van der Waals surface area contributed by atoms with Gasteiger partial charge in [0, 0.05) is 42.2 Å². The van der Waals surface area contributed by atoms with Crippen molar-refractivity contribution < 1.29 is 19.4 Å². The van der Waals surface area contributed by atoms with Gasteiger partial charge in [-0.2, -0.15) is 0 Å². The van der Waals surface area contributed by atoms with Crippen molar-refractivity contribution in [1.29, 1.82) is 0 Å². The number of nitrogens with zero attached hydrogens (tertiary/aromatic N) is 1. The van der Waals surface area contributed by atoms with Gasteiger partial charge in [-0.05, 0) is 54.3 Å². The van der Waals surface area contributed by atoms with Crippen molar-refractivity contribution in [2.24, 2.45) is 5.92 Å². The number of hydrogen-bond acceptors (Lipinski definition) is 3. The second-order valence-corrected chi connectivity index (χ2v) is 8.07. The molecule has 0 saturated carbocycles. The van der Waals surface area contributed by atoms with Crippen LogP contribution in [0, 0.1) is 5.92 Å². The monoisotopic (exact) mass is 436 g/mol. The van der Waals surface area contributed by atoms with Crippen LogP contribution in [-0.2, 0) is 13.0 Å². The minimum absolute atomic E-state index is 0.0580. The Hall–Kier alpha value is -3.28. The summed E-state index contributed by atoms with van der Waals surface area (Å²) in [5.41, 5.74) is 3.87. The van der Waals surface area contributed by atoms with Crippen LogP contribution < -0.4 is 10.1 Å². The molecule has 0 spiro atoms. The molecule has 0 atom stereocenters. The van der Waals surface area contributed by atoms with Gasteiger partial charge >= 0.3 is 5.97 Å². The number of nitrogens with one attached hydrogen (secondary N) is 1. The van der Waals surface area contributed by atoms with Crippen LogP contribution in [0.15, 0.2) is 42.6 Å². The molecule has 0 aliphatic heterocycles. The van der Waals surface area contributed by atoms with Crippen LogP contribution in [0.25, 0.3) is 10.9 Å². The van der Waals surface area contributed by atoms with E-state index in [1.54, 1.807) is 25.3 Å². The van der Waals surface area contributed by atoms with E-state index in [0.717, 1.165) is 41.4 Å². The van der Waals surface area contributed by atoms with Gasteiger partial charge in [0.15, 0.2) is 0 Å². The summed E-state index contributed by atoms with van der Waals surface area (Å²) < 4.78 is 7.62. The molecule has 0 fully saturated rings. The van der Waals surface area contributed by atoms with Gasteiger partial charge in [0.25, 0.3) is 5.91 Å². The van der Waals surface area contributed by atoms with Crippen molar-refractivity contribution in [3.63, 3.8) is 0 Å². The number of hydrogen-bond donors (Lipinski definition) is 2. The standard InChI is InChI=1S/C26H32N2O4/c1-5-17(6-2)15-27-25(29)19-10-11-23-22(13-19)21(16-28(23)7-3)12-18-8-9-20(26(30)31)14-24(18)32-4/h8-11,13-14,16-17H,5-7,12,15H2,1-4H3,(H,27,29)(H,30,31). The first kappa shape index (κ1) is 23.4. The highest BCUT2D eigenvalue weighted by Gasteiger charge is 2.16.